The molecule has 4 aromatic carbocycles. The van der Waals surface area contributed by atoms with Crippen molar-refractivity contribution < 1.29 is 4.79 Å². The molecule has 0 aliphatic carbocycles. The van der Waals surface area contributed by atoms with Crippen molar-refractivity contribution in [2.45, 2.75) is 5.41 Å². The first-order valence-corrected chi connectivity index (χ1v) is 11.6. The van der Waals surface area contributed by atoms with Gasteiger partial charge in [0, 0.05) is 34.3 Å². The van der Waals surface area contributed by atoms with E-state index >= 15 is 4.79 Å². The second-order valence-corrected chi connectivity index (χ2v) is 8.57. The van der Waals surface area contributed by atoms with Gasteiger partial charge in [-0.15, -0.1) is 0 Å². The van der Waals surface area contributed by atoms with Crippen molar-refractivity contribution in [3.8, 4) is 0 Å². The van der Waals surface area contributed by atoms with Crippen LogP contribution in [0.2, 0.25) is 0 Å². The summed E-state index contributed by atoms with van der Waals surface area (Å²) < 4.78 is 0. The Kier molecular flexibility index (Phi) is 5.16. The van der Waals surface area contributed by atoms with Gasteiger partial charge in [-0.2, -0.15) is 0 Å². The zero-order valence-corrected chi connectivity index (χ0v) is 19.0. The molecule has 6 aromatic rings. The van der Waals surface area contributed by atoms with Gasteiger partial charge in [-0.3, -0.25) is 14.8 Å². The fourth-order valence-corrected chi connectivity index (χ4v) is 5.13. The lowest BCUT2D eigenvalue weighted by Gasteiger charge is -2.35. The molecule has 0 fully saturated rings. The second-order valence-electron chi connectivity index (χ2n) is 8.57. The first-order valence-electron chi connectivity index (χ1n) is 11.6. The first kappa shape index (κ1) is 20.9. The molecule has 0 amide bonds. The van der Waals surface area contributed by atoms with E-state index in [9.17, 15) is 0 Å². The third-order valence-corrected chi connectivity index (χ3v) is 6.67. The lowest BCUT2D eigenvalue weighted by molar-refractivity contribution is 0.0937. The van der Waals surface area contributed by atoms with Gasteiger partial charge in [-0.05, 0) is 29.3 Å². The van der Waals surface area contributed by atoms with E-state index in [0.29, 0.717) is 11.1 Å². The van der Waals surface area contributed by atoms with E-state index in [0.717, 1.165) is 33.0 Å². The Bertz CT molecular complexity index is 1610. The molecule has 3 heteroatoms. The molecule has 3 nitrogen and oxygen atoms in total. The normalized spacial score (nSPS) is 11.5. The van der Waals surface area contributed by atoms with Crippen molar-refractivity contribution in [1.29, 1.82) is 0 Å². The number of fused-ring (bicyclic) bond motifs is 2. The number of ketones is 1. The minimum atomic E-state index is -1.12. The summed E-state index contributed by atoms with van der Waals surface area (Å²) in [6.07, 6.45) is 3.53. The molecule has 2 aromatic heterocycles. The number of Topliss-reactive ketones (excluding diaryl/α,β-unsaturated/α-hetero) is 1. The number of hydrogen-bond donors (Lipinski definition) is 0. The van der Waals surface area contributed by atoms with Crippen LogP contribution in [-0.2, 0) is 5.41 Å². The standard InChI is InChI=1S/C32H22N2O/c35-31(27-19-7-11-23-13-9-21-33-29(23)27)32(25-15-3-1-4-16-25,26-17-5-2-6-18-26)28-20-8-12-24-14-10-22-34-30(24)28/h1-22H. The van der Waals surface area contributed by atoms with Crippen LogP contribution in [0.4, 0.5) is 0 Å². The Morgan fingerprint density at radius 3 is 1.66 bits per heavy atom. The van der Waals surface area contributed by atoms with Crippen molar-refractivity contribution in [2.75, 3.05) is 0 Å². The van der Waals surface area contributed by atoms with E-state index in [2.05, 4.69) is 4.98 Å². The number of para-hydroxylation sites is 2. The molecule has 0 aliphatic heterocycles. The molecule has 166 valence electrons. The topological polar surface area (TPSA) is 42.9 Å². The predicted octanol–water partition coefficient (Wildman–Crippen LogP) is 7.00. The molecular weight excluding hydrogens is 428 g/mol. The maximum atomic E-state index is 15.1. The quantitative estimate of drug-likeness (QED) is 0.210. The van der Waals surface area contributed by atoms with Gasteiger partial charge >= 0.3 is 0 Å². The first-order chi connectivity index (χ1) is 17.3. The molecular formula is C32H22N2O. The van der Waals surface area contributed by atoms with E-state index in [1.807, 2.05) is 121 Å². The Morgan fingerprint density at radius 2 is 1.03 bits per heavy atom. The van der Waals surface area contributed by atoms with Gasteiger partial charge in [-0.1, -0.05) is 103 Å². The Labute approximate surface area is 203 Å². The molecule has 6 rings (SSSR count). The van der Waals surface area contributed by atoms with Crippen LogP contribution in [0.15, 0.2) is 134 Å². The van der Waals surface area contributed by atoms with Gasteiger partial charge in [0.2, 0.25) is 0 Å². The molecule has 0 radical (unpaired) electrons. The highest BCUT2D eigenvalue weighted by Gasteiger charge is 2.46. The molecule has 2 heterocycles. The highest BCUT2D eigenvalue weighted by Crippen LogP contribution is 2.45. The minimum Gasteiger partial charge on any atom is -0.292 e. The van der Waals surface area contributed by atoms with Crippen molar-refractivity contribution in [3.05, 3.63) is 156 Å². The van der Waals surface area contributed by atoms with Crippen LogP contribution < -0.4 is 0 Å². The Morgan fingerprint density at radius 1 is 0.514 bits per heavy atom. The van der Waals surface area contributed by atoms with Crippen molar-refractivity contribution in [3.63, 3.8) is 0 Å². The largest absolute Gasteiger partial charge is 0.292 e. The second kappa shape index (κ2) is 8.62. The summed E-state index contributed by atoms with van der Waals surface area (Å²) in [6.45, 7) is 0. The Balaban J connectivity index is 1.79. The van der Waals surface area contributed by atoms with Crippen LogP contribution in [0.1, 0.15) is 27.0 Å². The van der Waals surface area contributed by atoms with Crippen LogP contribution in [-0.4, -0.2) is 15.8 Å². The van der Waals surface area contributed by atoms with Crippen LogP contribution in [0.5, 0.6) is 0 Å². The minimum absolute atomic E-state index is 0.0302. The highest BCUT2D eigenvalue weighted by atomic mass is 16.1. The summed E-state index contributed by atoms with van der Waals surface area (Å²) in [7, 11) is 0. The molecule has 0 aliphatic rings. The van der Waals surface area contributed by atoms with E-state index in [-0.39, 0.29) is 5.78 Å². The summed E-state index contributed by atoms with van der Waals surface area (Å²) in [5, 5.41) is 1.93. The molecule has 0 N–H and O–H groups in total. The van der Waals surface area contributed by atoms with Gasteiger partial charge in [0.25, 0.3) is 0 Å². The van der Waals surface area contributed by atoms with E-state index in [1.165, 1.54) is 0 Å². The summed E-state index contributed by atoms with van der Waals surface area (Å²) in [6, 6.07) is 39.8. The molecule has 0 unspecified atom stereocenters. The monoisotopic (exact) mass is 450 g/mol. The zero-order valence-electron chi connectivity index (χ0n) is 19.0. The van der Waals surface area contributed by atoms with Crippen molar-refractivity contribution in [2.24, 2.45) is 0 Å². The molecule has 0 saturated carbocycles. The molecule has 0 atom stereocenters. The highest BCUT2D eigenvalue weighted by molar-refractivity contribution is 6.16. The lowest BCUT2D eigenvalue weighted by atomic mass is 9.64. The van der Waals surface area contributed by atoms with Crippen molar-refractivity contribution in [1.82, 2.24) is 9.97 Å². The molecule has 35 heavy (non-hydrogen) atoms. The summed E-state index contributed by atoms with van der Waals surface area (Å²) in [5.41, 5.74) is 3.61. The summed E-state index contributed by atoms with van der Waals surface area (Å²) in [4.78, 5) is 24.4. The maximum Gasteiger partial charge on any atom is 0.184 e. The average molecular weight is 451 g/mol. The zero-order chi connectivity index (χ0) is 23.7. The van der Waals surface area contributed by atoms with Crippen LogP contribution in [0.3, 0.4) is 0 Å². The molecule has 0 bridgehead atoms. The van der Waals surface area contributed by atoms with E-state index in [1.54, 1.807) is 12.4 Å². The fraction of sp³-hybridized carbons (Fsp3) is 0.0312. The van der Waals surface area contributed by atoms with Gasteiger partial charge in [0.15, 0.2) is 5.78 Å². The lowest BCUT2D eigenvalue weighted by Crippen LogP contribution is -2.39. The number of hydrogen-bond acceptors (Lipinski definition) is 3. The Hall–Kier alpha value is -4.63. The number of aromatic nitrogens is 2. The summed E-state index contributed by atoms with van der Waals surface area (Å²) in [5.74, 6) is -0.0302. The number of benzene rings is 4. The van der Waals surface area contributed by atoms with Crippen LogP contribution >= 0.6 is 0 Å². The number of carbonyl (C=O) groups is 1. The van der Waals surface area contributed by atoms with Gasteiger partial charge in [0.05, 0.1) is 11.0 Å². The van der Waals surface area contributed by atoms with Crippen LogP contribution in [0, 0.1) is 0 Å². The molecule has 0 spiro atoms. The van der Waals surface area contributed by atoms with Gasteiger partial charge in [0.1, 0.15) is 5.41 Å². The third kappa shape index (κ3) is 3.32. The van der Waals surface area contributed by atoms with E-state index < -0.39 is 5.41 Å². The number of carbonyl (C=O) groups excluding carboxylic acids is 1. The number of nitrogens with zero attached hydrogens (tertiary/aromatic N) is 2. The fourth-order valence-electron chi connectivity index (χ4n) is 5.13. The SMILES string of the molecule is O=C(c1cccc2cccnc12)C(c1ccccc1)(c1ccccc1)c1cccc2cccnc12. The van der Waals surface area contributed by atoms with Crippen molar-refractivity contribution >= 4 is 27.6 Å². The molecule has 0 saturated heterocycles. The third-order valence-electron chi connectivity index (χ3n) is 6.67. The number of pyridine rings is 2. The van der Waals surface area contributed by atoms with E-state index in [4.69, 9.17) is 4.98 Å². The number of rotatable bonds is 5. The maximum absolute atomic E-state index is 15.1. The smallest absolute Gasteiger partial charge is 0.184 e. The van der Waals surface area contributed by atoms with Gasteiger partial charge < -0.3 is 0 Å². The van der Waals surface area contributed by atoms with Crippen LogP contribution in [0.25, 0.3) is 21.8 Å². The summed E-state index contributed by atoms with van der Waals surface area (Å²) >= 11 is 0. The average Bonchev–Trinajstić information content (AvgIpc) is 2.94. The predicted molar refractivity (Wildman–Crippen MR) is 141 cm³/mol. The van der Waals surface area contributed by atoms with Gasteiger partial charge in [-0.25, -0.2) is 0 Å².